The number of aryl methyl sites for hydroxylation is 1. The lowest BCUT2D eigenvalue weighted by atomic mass is 10.2. The molecule has 6 heteroatoms. The number of rotatable bonds is 5. The molecule has 1 aromatic carbocycles. The molecule has 0 bridgehead atoms. The van der Waals surface area contributed by atoms with Crippen LogP contribution in [0.5, 0.6) is 0 Å². The van der Waals surface area contributed by atoms with E-state index >= 15 is 0 Å². The van der Waals surface area contributed by atoms with Crippen molar-refractivity contribution in [2.24, 2.45) is 0 Å². The van der Waals surface area contributed by atoms with Gasteiger partial charge in [-0.2, -0.15) is 0 Å². The molecule has 0 radical (unpaired) electrons. The van der Waals surface area contributed by atoms with Crippen LogP contribution in [0.25, 0.3) is 20.0 Å². The van der Waals surface area contributed by atoms with Crippen LogP contribution >= 0.6 is 22.7 Å². The first-order valence-corrected chi connectivity index (χ1v) is 8.06. The van der Waals surface area contributed by atoms with Crippen LogP contribution in [0.3, 0.4) is 0 Å². The van der Waals surface area contributed by atoms with Gasteiger partial charge in [0.05, 0.1) is 4.88 Å². The predicted octanol–water partition coefficient (Wildman–Crippen LogP) is 3.71. The molecule has 2 heterocycles. The summed E-state index contributed by atoms with van der Waals surface area (Å²) >= 11 is 3.18. The molecule has 0 amide bonds. The van der Waals surface area contributed by atoms with Crippen molar-refractivity contribution in [3.05, 3.63) is 35.1 Å². The lowest BCUT2D eigenvalue weighted by Gasteiger charge is -1.94. The van der Waals surface area contributed by atoms with Gasteiger partial charge in [0.2, 0.25) is 0 Å². The van der Waals surface area contributed by atoms with Crippen molar-refractivity contribution in [2.45, 2.75) is 12.8 Å². The third kappa shape index (κ3) is 2.87. The summed E-state index contributed by atoms with van der Waals surface area (Å²) in [7, 11) is 1.95. The van der Waals surface area contributed by atoms with Crippen molar-refractivity contribution in [1.29, 1.82) is 0 Å². The molecule has 0 aliphatic carbocycles. The maximum absolute atomic E-state index is 13.2. The Morgan fingerprint density at radius 3 is 2.95 bits per heavy atom. The average Bonchev–Trinajstić information content (AvgIpc) is 3.04. The summed E-state index contributed by atoms with van der Waals surface area (Å²) in [5.74, 6) is -0.198. The van der Waals surface area contributed by atoms with Crippen molar-refractivity contribution in [3.8, 4) is 9.88 Å². The first kappa shape index (κ1) is 13.6. The number of hydrogen-bond donors (Lipinski definition) is 1. The molecule has 0 aliphatic rings. The lowest BCUT2D eigenvalue weighted by Crippen LogP contribution is -2.08. The minimum atomic E-state index is -0.198. The molecular weight excluding hydrogens is 293 g/mol. The second kappa shape index (κ2) is 5.95. The van der Waals surface area contributed by atoms with Gasteiger partial charge in [-0.05, 0) is 43.6 Å². The number of fused-ring (bicyclic) bond motifs is 1. The Balaban J connectivity index is 1.83. The fourth-order valence-corrected chi connectivity index (χ4v) is 3.99. The zero-order valence-electron chi connectivity index (χ0n) is 11.0. The molecule has 3 nitrogen and oxygen atoms in total. The van der Waals surface area contributed by atoms with Gasteiger partial charge in [-0.3, -0.25) is 0 Å². The van der Waals surface area contributed by atoms with E-state index in [0.29, 0.717) is 0 Å². The molecule has 0 atom stereocenters. The van der Waals surface area contributed by atoms with Gasteiger partial charge in [0.15, 0.2) is 5.01 Å². The monoisotopic (exact) mass is 307 g/mol. The van der Waals surface area contributed by atoms with Crippen LogP contribution in [-0.2, 0) is 6.42 Å². The second-order valence-corrected chi connectivity index (χ2v) is 6.65. The normalized spacial score (nSPS) is 11.3. The van der Waals surface area contributed by atoms with Gasteiger partial charge in [0.25, 0.3) is 0 Å². The molecule has 0 unspecified atom stereocenters. The fourth-order valence-electron chi connectivity index (χ4n) is 1.98. The van der Waals surface area contributed by atoms with Gasteiger partial charge in [-0.25, -0.2) is 4.39 Å². The van der Waals surface area contributed by atoms with E-state index in [2.05, 4.69) is 21.6 Å². The fraction of sp³-hybridized carbons (Fsp3) is 0.286. The molecule has 0 spiro atoms. The number of benzene rings is 1. The average molecular weight is 307 g/mol. The van der Waals surface area contributed by atoms with E-state index in [0.717, 1.165) is 44.4 Å². The SMILES string of the molecule is CNCCCc1nnc(-c2cc3ccc(F)cc3s2)s1. The van der Waals surface area contributed by atoms with Crippen LogP contribution in [0.1, 0.15) is 11.4 Å². The highest BCUT2D eigenvalue weighted by atomic mass is 32.1. The standard InChI is InChI=1S/C14H14FN3S2/c1-16-6-2-3-13-17-18-14(20-13)12-7-9-4-5-10(15)8-11(9)19-12/h4-5,7-8,16H,2-3,6H2,1H3. The maximum Gasteiger partial charge on any atom is 0.157 e. The zero-order valence-corrected chi connectivity index (χ0v) is 12.7. The minimum absolute atomic E-state index is 0.198. The van der Waals surface area contributed by atoms with Crippen LogP contribution < -0.4 is 5.32 Å². The summed E-state index contributed by atoms with van der Waals surface area (Å²) in [6.45, 7) is 0.983. The Bertz CT molecular complexity index is 720. The van der Waals surface area contributed by atoms with Gasteiger partial charge in [-0.1, -0.05) is 17.4 Å². The number of nitrogens with zero attached hydrogens (tertiary/aromatic N) is 2. The van der Waals surface area contributed by atoms with Crippen LogP contribution in [0.4, 0.5) is 4.39 Å². The largest absolute Gasteiger partial charge is 0.320 e. The molecule has 3 rings (SSSR count). The van der Waals surface area contributed by atoms with E-state index in [9.17, 15) is 4.39 Å². The third-order valence-corrected chi connectivity index (χ3v) is 5.23. The van der Waals surface area contributed by atoms with E-state index in [1.807, 2.05) is 7.05 Å². The van der Waals surface area contributed by atoms with Crippen molar-refractivity contribution in [3.63, 3.8) is 0 Å². The summed E-state index contributed by atoms with van der Waals surface area (Å²) < 4.78 is 14.2. The Morgan fingerprint density at radius 1 is 1.20 bits per heavy atom. The van der Waals surface area contributed by atoms with Gasteiger partial charge >= 0.3 is 0 Å². The van der Waals surface area contributed by atoms with Crippen molar-refractivity contribution < 1.29 is 4.39 Å². The van der Waals surface area contributed by atoms with E-state index in [1.165, 1.54) is 6.07 Å². The highest BCUT2D eigenvalue weighted by Gasteiger charge is 2.10. The Labute approximate surface area is 124 Å². The summed E-state index contributed by atoms with van der Waals surface area (Å²) in [4.78, 5) is 1.06. The summed E-state index contributed by atoms with van der Waals surface area (Å²) in [6.07, 6.45) is 2.00. The first-order chi connectivity index (χ1) is 9.76. The van der Waals surface area contributed by atoms with E-state index in [-0.39, 0.29) is 5.82 Å². The van der Waals surface area contributed by atoms with Crippen LogP contribution in [0, 0.1) is 5.82 Å². The van der Waals surface area contributed by atoms with Crippen LogP contribution in [0.15, 0.2) is 24.3 Å². The molecule has 3 aromatic rings. The molecule has 0 saturated heterocycles. The lowest BCUT2D eigenvalue weighted by molar-refractivity contribution is 0.630. The molecule has 0 fully saturated rings. The van der Waals surface area contributed by atoms with Crippen LogP contribution in [0.2, 0.25) is 0 Å². The highest BCUT2D eigenvalue weighted by Crippen LogP contribution is 2.35. The number of halogens is 1. The highest BCUT2D eigenvalue weighted by molar-refractivity contribution is 7.25. The smallest absolute Gasteiger partial charge is 0.157 e. The Hall–Kier alpha value is -1.37. The number of nitrogens with one attached hydrogen (secondary N) is 1. The third-order valence-electron chi connectivity index (χ3n) is 2.98. The number of aromatic nitrogens is 2. The van der Waals surface area contributed by atoms with E-state index in [1.54, 1.807) is 34.8 Å². The predicted molar refractivity (Wildman–Crippen MR) is 82.9 cm³/mol. The van der Waals surface area contributed by atoms with Crippen LogP contribution in [-0.4, -0.2) is 23.8 Å². The summed E-state index contributed by atoms with van der Waals surface area (Å²) in [5.41, 5.74) is 0. The van der Waals surface area contributed by atoms with Crippen molar-refractivity contribution >= 4 is 32.8 Å². The molecule has 20 heavy (non-hydrogen) atoms. The van der Waals surface area contributed by atoms with E-state index < -0.39 is 0 Å². The molecule has 104 valence electrons. The van der Waals surface area contributed by atoms with Crippen molar-refractivity contribution in [2.75, 3.05) is 13.6 Å². The number of thiophene rings is 1. The second-order valence-electron chi connectivity index (χ2n) is 4.50. The van der Waals surface area contributed by atoms with Gasteiger partial charge < -0.3 is 5.32 Å². The summed E-state index contributed by atoms with van der Waals surface area (Å²) in [5, 5.41) is 14.6. The molecule has 0 saturated carbocycles. The quantitative estimate of drug-likeness (QED) is 0.730. The maximum atomic E-state index is 13.2. The Morgan fingerprint density at radius 2 is 2.10 bits per heavy atom. The molecular formula is C14H14FN3S2. The topological polar surface area (TPSA) is 37.8 Å². The van der Waals surface area contributed by atoms with Gasteiger partial charge in [0, 0.05) is 11.1 Å². The Kier molecular flexibility index (Phi) is 4.05. The van der Waals surface area contributed by atoms with Gasteiger partial charge in [0.1, 0.15) is 10.8 Å². The minimum Gasteiger partial charge on any atom is -0.320 e. The molecule has 2 aromatic heterocycles. The summed E-state index contributed by atoms with van der Waals surface area (Å²) in [6, 6.07) is 6.91. The van der Waals surface area contributed by atoms with Crippen molar-refractivity contribution in [1.82, 2.24) is 15.5 Å². The van der Waals surface area contributed by atoms with Gasteiger partial charge in [-0.15, -0.1) is 21.5 Å². The molecule has 0 aliphatic heterocycles. The van der Waals surface area contributed by atoms with E-state index in [4.69, 9.17) is 0 Å². The number of hydrogen-bond acceptors (Lipinski definition) is 5. The zero-order chi connectivity index (χ0) is 13.9. The molecule has 1 N–H and O–H groups in total. The first-order valence-electron chi connectivity index (χ1n) is 6.43.